The van der Waals surface area contributed by atoms with Gasteiger partial charge in [0.05, 0.1) is 11.8 Å². The summed E-state index contributed by atoms with van der Waals surface area (Å²) in [6.07, 6.45) is 1.46. The maximum absolute atomic E-state index is 13.1. The van der Waals surface area contributed by atoms with E-state index in [1.54, 1.807) is 42.5 Å². The number of hydrogen-bond acceptors (Lipinski definition) is 8. The van der Waals surface area contributed by atoms with Gasteiger partial charge in [-0.2, -0.15) is 0 Å². The summed E-state index contributed by atoms with van der Waals surface area (Å²) in [5, 5.41) is 19.6. The Hall–Kier alpha value is -3.69. The molecule has 7 nitrogen and oxygen atoms in total. The molecule has 34 heavy (non-hydrogen) atoms. The highest BCUT2D eigenvalue weighted by Gasteiger charge is 2.49. The highest BCUT2D eigenvalue weighted by atomic mass is 32.2. The van der Waals surface area contributed by atoms with Crippen molar-refractivity contribution < 1.29 is 19.1 Å². The van der Waals surface area contributed by atoms with Crippen molar-refractivity contribution in [1.29, 1.82) is 0 Å². The molecule has 1 aliphatic heterocycles. The quantitative estimate of drug-likeness (QED) is 0.128. The number of carbonyl (C=O) groups excluding carboxylic acids is 2. The maximum Gasteiger partial charge on any atom is 0.302 e. The summed E-state index contributed by atoms with van der Waals surface area (Å²) in [4.78, 5) is 27.4. The van der Waals surface area contributed by atoms with Crippen LogP contribution in [-0.4, -0.2) is 27.0 Å². The summed E-state index contributed by atoms with van der Waals surface area (Å²) in [7, 11) is 0. The molecule has 170 valence electrons. The highest BCUT2D eigenvalue weighted by molar-refractivity contribution is 8.00. The molecule has 1 atom stereocenters. The Morgan fingerprint density at radius 2 is 1.82 bits per heavy atom. The number of nitrogens with zero attached hydrogens (tertiary/aromatic N) is 3. The third-order valence-corrected chi connectivity index (χ3v) is 7.52. The largest absolute Gasteiger partial charge is 0.507 e. The normalized spacial score (nSPS) is 17.4. The van der Waals surface area contributed by atoms with E-state index in [4.69, 9.17) is 4.42 Å². The molecule has 9 heteroatoms. The predicted molar refractivity (Wildman–Crippen MR) is 131 cm³/mol. The summed E-state index contributed by atoms with van der Waals surface area (Å²) in [6.45, 7) is 2.04. The fourth-order valence-electron chi connectivity index (χ4n) is 3.68. The van der Waals surface area contributed by atoms with Gasteiger partial charge in [-0.25, -0.2) is 0 Å². The first-order valence-corrected chi connectivity index (χ1v) is 12.2. The molecule has 1 amide bonds. The lowest BCUT2D eigenvalue weighted by Gasteiger charge is -2.19. The van der Waals surface area contributed by atoms with Crippen LogP contribution in [0.5, 0.6) is 0 Å². The summed E-state index contributed by atoms with van der Waals surface area (Å²) >= 11 is 2.72. The molecular weight excluding hydrogens is 470 g/mol. The van der Waals surface area contributed by atoms with Gasteiger partial charge in [-0.05, 0) is 24.6 Å². The summed E-state index contributed by atoms with van der Waals surface area (Å²) in [5.41, 5.74) is 2.72. The second-order valence-electron chi connectivity index (χ2n) is 7.68. The molecule has 0 saturated carbocycles. The van der Waals surface area contributed by atoms with E-state index in [1.807, 2.05) is 6.92 Å². The number of furan rings is 1. The maximum atomic E-state index is 13.1. The molecular formula is C25H19N3O4S2. The van der Waals surface area contributed by atoms with E-state index in [-0.39, 0.29) is 16.5 Å². The van der Waals surface area contributed by atoms with Gasteiger partial charge in [0.25, 0.3) is 5.78 Å². The molecule has 1 fully saturated rings. The number of thioether (sulfide) groups is 1. The number of aryl methyl sites for hydroxylation is 1. The fraction of sp³-hybridized carbons (Fsp3) is 0.120. The lowest BCUT2D eigenvalue weighted by molar-refractivity contribution is -0.132. The number of amides is 1. The van der Waals surface area contributed by atoms with Crippen LogP contribution in [0.1, 0.15) is 28.5 Å². The summed E-state index contributed by atoms with van der Waals surface area (Å²) < 4.78 is 6.23. The van der Waals surface area contributed by atoms with Crippen LogP contribution in [0.15, 0.2) is 87.3 Å². The van der Waals surface area contributed by atoms with Crippen LogP contribution in [0.25, 0.3) is 5.76 Å². The molecule has 0 radical (unpaired) electrons. The number of aliphatic hydroxyl groups excluding tert-OH is 1. The second-order valence-corrected chi connectivity index (χ2v) is 9.85. The third-order valence-electron chi connectivity index (χ3n) is 5.39. The molecule has 0 aliphatic carbocycles. The number of ketones is 1. The number of carbonyl (C=O) groups is 2. The van der Waals surface area contributed by atoms with Gasteiger partial charge < -0.3 is 9.52 Å². The van der Waals surface area contributed by atoms with Crippen molar-refractivity contribution in [2.24, 2.45) is 0 Å². The van der Waals surface area contributed by atoms with E-state index >= 15 is 0 Å². The molecule has 2 aromatic carbocycles. The average molecular weight is 490 g/mol. The van der Waals surface area contributed by atoms with Crippen LogP contribution >= 0.6 is 23.1 Å². The summed E-state index contributed by atoms with van der Waals surface area (Å²) in [6, 6.07) is 19.2. The van der Waals surface area contributed by atoms with Crippen molar-refractivity contribution in [2.45, 2.75) is 23.1 Å². The van der Waals surface area contributed by atoms with E-state index in [1.165, 1.54) is 39.8 Å². The zero-order valence-corrected chi connectivity index (χ0v) is 19.7. The Labute approximate surface area is 203 Å². The van der Waals surface area contributed by atoms with Crippen LogP contribution in [0.2, 0.25) is 0 Å². The number of aliphatic hydroxyl groups is 1. The van der Waals surface area contributed by atoms with Gasteiger partial charge in [0.15, 0.2) is 4.34 Å². The first-order valence-electron chi connectivity index (χ1n) is 10.4. The van der Waals surface area contributed by atoms with Crippen molar-refractivity contribution in [3.05, 3.63) is 101 Å². The number of rotatable bonds is 6. The molecule has 1 N–H and O–H groups in total. The highest BCUT2D eigenvalue weighted by Crippen LogP contribution is 2.44. The van der Waals surface area contributed by atoms with Gasteiger partial charge in [0.1, 0.15) is 17.6 Å². The van der Waals surface area contributed by atoms with Crippen LogP contribution < -0.4 is 4.90 Å². The lowest BCUT2D eigenvalue weighted by Crippen LogP contribution is -2.29. The molecule has 0 spiro atoms. The van der Waals surface area contributed by atoms with Crippen molar-refractivity contribution >= 4 is 45.7 Å². The third kappa shape index (κ3) is 4.15. The average Bonchev–Trinajstić information content (AvgIpc) is 3.60. The Morgan fingerprint density at radius 3 is 2.53 bits per heavy atom. The first kappa shape index (κ1) is 22.1. The topological polar surface area (TPSA) is 96.5 Å². The molecule has 1 unspecified atom stereocenters. The molecule has 3 heterocycles. The monoisotopic (exact) mass is 489 g/mol. The van der Waals surface area contributed by atoms with Crippen molar-refractivity contribution in [2.75, 3.05) is 4.90 Å². The van der Waals surface area contributed by atoms with Gasteiger partial charge in [-0.1, -0.05) is 83.3 Å². The van der Waals surface area contributed by atoms with Gasteiger partial charge in [-0.15, -0.1) is 10.2 Å². The fourth-order valence-corrected chi connectivity index (χ4v) is 5.51. The number of Topliss-reactive ketones (excluding diaryl/α,β-unsaturated/α-hetero) is 1. The zero-order valence-electron chi connectivity index (χ0n) is 18.0. The predicted octanol–water partition coefficient (Wildman–Crippen LogP) is 5.36. The molecule has 1 saturated heterocycles. The SMILES string of the molecule is Cc1ccc(CSc2nnc(N3C(=O)C(=O)/C(=C(\O)c4ccccc4)C3c3ccco3)s2)cc1. The van der Waals surface area contributed by atoms with Crippen LogP contribution in [0.3, 0.4) is 0 Å². The molecule has 1 aliphatic rings. The lowest BCUT2D eigenvalue weighted by atomic mass is 9.99. The smallest absolute Gasteiger partial charge is 0.302 e. The summed E-state index contributed by atoms with van der Waals surface area (Å²) in [5.74, 6) is -0.803. The van der Waals surface area contributed by atoms with Crippen LogP contribution in [0, 0.1) is 6.92 Å². The molecule has 0 bridgehead atoms. The minimum atomic E-state index is -0.946. The Morgan fingerprint density at radius 1 is 1.06 bits per heavy atom. The second kappa shape index (κ2) is 9.28. The van der Waals surface area contributed by atoms with Crippen molar-refractivity contribution in [3.8, 4) is 0 Å². The van der Waals surface area contributed by atoms with Crippen LogP contribution in [0.4, 0.5) is 5.13 Å². The molecule has 5 rings (SSSR count). The number of anilines is 1. The van der Waals surface area contributed by atoms with Gasteiger partial charge >= 0.3 is 5.91 Å². The van der Waals surface area contributed by atoms with E-state index in [9.17, 15) is 14.7 Å². The Kier molecular flexibility index (Phi) is 6.04. The van der Waals surface area contributed by atoms with Gasteiger partial charge in [-0.3, -0.25) is 14.5 Å². The minimum absolute atomic E-state index is 0.0461. The van der Waals surface area contributed by atoms with Crippen molar-refractivity contribution in [3.63, 3.8) is 0 Å². The van der Waals surface area contributed by atoms with Gasteiger partial charge in [0.2, 0.25) is 5.13 Å². The Bertz CT molecular complexity index is 1360. The van der Waals surface area contributed by atoms with E-state index < -0.39 is 17.7 Å². The Balaban J connectivity index is 1.49. The van der Waals surface area contributed by atoms with E-state index in [2.05, 4.69) is 34.5 Å². The first-order chi connectivity index (χ1) is 16.5. The standard InChI is InChI=1S/C25H19N3O4S2/c1-15-9-11-16(12-10-15)14-33-25-27-26-24(34-25)28-20(18-8-5-13-32-18)19(22(30)23(28)31)21(29)17-6-3-2-4-7-17/h2-13,20,29H,14H2,1H3/b21-19-. The van der Waals surface area contributed by atoms with E-state index in [0.717, 1.165) is 5.56 Å². The molecule has 4 aromatic rings. The van der Waals surface area contributed by atoms with Crippen LogP contribution in [-0.2, 0) is 15.3 Å². The number of aromatic nitrogens is 2. The molecule has 2 aromatic heterocycles. The van der Waals surface area contributed by atoms with Gasteiger partial charge in [0, 0.05) is 11.3 Å². The number of hydrogen-bond donors (Lipinski definition) is 1. The minimum Gasteiger partial charge on any atom is -0.507 e. The van der Waals surface area contributed by atoms with Crippen molar-refractivity contribution in [1.82, 2.24) is 10.2 Å². The van der Waals surface area contributed by atoms with E-state index in [0.29, 0.717) is 21.4 Å². The zero-order chi connectivity index (χ0) is 23.7. The number of benzene rings is 2.